The Morgan fingerprint density at radius 3 is 2.84 bits per heavy atom. The highest BCUT2D eigenvalue weighted by atomic mass is 35.5. The van der Waals surface area contributed by atoms with Gasteiger partial charge in [0.2, 0.25) is 5.91 Å². The Kier molecular flexibility index (Phi) is 5.08. The highest BCUT2D eigenvalue weighted by molar-refractivity contribution is 6.30. The monoisotopic (exact) mass is 520 g/mol. The van der Waals surface area contributed by atoms with Crippen molar-refractivity contribution in [1.29, 1.82) is 0 Å². The van der Waals surface area contributed by atoms with E-state index in [9.17, 15) is 9.90 Å². The van der Waals surface area contributed by atoms with E-state index in [-0.39, 0.29) is 34.5 Å². The van der Waals surface area contributed by atoms with Crippen LogP contribution in [0.4, 0.5) is 0 Å². The summed E-state index contributed by atoms with van der Waals surface area (Å²) in [5.74, 6) is 0.905. The number of likely N-dealkylation sites (N-methyl/N-ethyl adjacent to an activating group) is 1. The molecule has 4 aliphatic carbocycles. The van der Waals surface area contributed by atoms with E-state index < -0.39 is 5.60 Å². The maximum Gasteiger partial charge on any atom is 0.244 e. The van der Waals surface area contributed by atoms with Crippen LogP contribution in [0, 0.1) is 11.3 Å². The van der Waals surface area contributed by atoms with Crippen LogP contribution in [0.15, 0.2) is 42.5 Å². The van der Waals surface area contributed by atoms with Gasteiger partial charge in [0.05, 0.1) is 0 Å². The Bertz CT molecular complexity index is 1310. The molecule has 2 N–H and O–H groups in total. The van der Waals surface area contributed by atoms with Crippen molar-refractivity contribution in [2.24, 2.45) is 11.3 Å². The van der Waals surface area contributed by atoms with Gasteiger partial charge in [-0.25, -0.2) is 0 Å². The van der Waals surface area contributed by atoms with E-state index >= 15 is 0 Å². The van der Waals surface area contributed by atoms with Crippen LogP contribution in [-0.4, -0.2) is 60.9 Å². The van der Waals surface area contributed by atoms with Crippen LogP contribution >= 0.6 is 11.6 Å². The predicted octanol–water partition coefficient (Wildman–Crippen LogP) is 4.32. The zero-order valence-electron chi connectivity index (χ0n) is 21.3. The van der Waals surface area contributed by atoms with Gasteiger partial charge in [0.1, 0.15) is 11.7 Å². The van der Waals surface area contributed by atoms with Crippen molar-refractivity contribution < 1.29 is 19.4 Å². The molecular weight excluding hydrogens is 488 g/mol. The van der Waals surface area contributed by atoms with E-state index in [0.29, 0.717) is 23.4 Å². The highest BCUT2D eigenvalue weighted by Gasteiger charge is 2.80. The quantitative estimate of drug-likeness (QED) is 0.575. The minimum Gasteiger partial charge on any atom is -0.504 e. The second kappa shape index (κ2) is 7.98. The molecule has 2 aliphatic heterocycles. The standard InChI is InChI=1S/C30H33ClN2O4/c1-33-14-13-29-25-19-6-9-22(34)26(25)37-27(29)30(36-2)12-11-28(29,23(33)15-19)16-20(30)17-32-24(35)10-5-18-3-7-21(31)8-4-18/h3-10,20,23,27,34H,11-17H2,1-2H3,(H,32,35)/b10-5+/t20-,23-,27-,28-,29+,30+/m1/s1. The number of benzene rings is 2. The molecule has 0 unspecified atom stereocenters. The van der Waals surface area contributed by atoms with Crippen LogP contribution in [0.25, 0.3) is 6.08 Å². The van der Waals surface area contributed by atoms with Gasteiger partial charge in [-0.15, -0.1) is 0 Å². The van der Waals surface area contributed by atoms with Gasteiger partial charge < -0.3 is 24.8 Å². The minimum atomic E-state index is -0.518. The number of rotatable bonds is 5. The number of nitrogens with one attached hydrogen (secondary N) is 1. The summed E-state index contributed by atoms with van der Waals surface area (Å²) < 4.78 is 13.2. The summed E-state index contributed by atoms with van der Waals surface area (Å²) in [6, 6.07) is 11.7. The third-order valence-corrected chi connectivity index (χ3v) is 10.8. The average Bonchev–Trinajstić information content (AvgIpc) is 3.28. The molecule has 7 heteroatoms. The normalized spacial score (nSPS) is 36.9. The van der Waals surface area contributed by atoms with Gasteiger partial charge in [0, 0.05) is 53.1 Å². The zero-order valence-corrected chi connectivity index (χ0v) is 22.1. The molecule has 0 radical (unpaired) electrons. The summed E-state index contributed by atoms with van der Waals surface area (Å²) >= 11 is 5.97. The summed E-state index contributed by atoms with van der Waals surface area (Å²) in [4.78, 5) is 15.4. The van der Waals surface area contributed by atoms with Crippen LogP contribution in [0.2, 0.25) is 5.02 Å². The van der Waals surface area contributed by atoms with Crippen molar-refractivity contribution in [3.05, 3.63) is 64.2 Å². The summed E-state index contributed by atoms with van der Waals surface area (Å²) in [7, 11) is 4.06. The number of halogens is 1. The Balaban J connectivity index is 1.23. The number of phenolic OH excluding ortho intramolecular Hbond substituents is 1. The molecule has 3 saturated carbocycles. The lowest BCUT2D eigenvalue weighted by Crippen LogP contribution is -2.81. The zero-order chi connectivity index (χ0) is 25.6. The number of piperidine rings is 1. The number of aromatic hydroxyl groups is 1. The number of amides is 1. The number of nitrogens with zero attached hydrogens (tertiary/aromatic N) is 1. The van der Waals surface area contributed by atoms with Crippen molar-refractivity contribution in [3.63, 3.8) is 0 Å². The number of hydrogen-bond donors (Lipinski definition) is 2. The number of methoxy groups -OCH3 is 1. The number of carbonyl (C=O) groups is 1. The summed E-state index contributed by atoms with van der Waals surface area (Å²) in [5, 5.41) is 14.7. The largest absolute Gasteiger partial charge is 0.504 e. The van der Waals surface area contributed by atoms with Crippen molar-refractivity contribution in [3.8, 4) is 11.5 Å². The molecule has 6 aliphatic rings. The average molecular weight is 521 g/mol. The second-order valence-electron chi connectivity index (χ2n) is 11.7. The second-order valence-corrected chi connectivity index (χ2v) is 12.2. The highest BCUT2D eigenvalue weighted by Crippen LogP contribution is 2.76. The van der Waals surface area contributed by atoms with Gasteiger partial charge in [0.15, 0.2) is 11.5 Å². The molecule has 1 amide bonds. The lowest BCUT2D eigenvalue weighted by molar-refractivity contribution is -0.274. The first kappa shape index (κ1) is 23.6. The van der Waals surface area contributed by atoms with Gasteiger partial charge >= 0.3 is 0 Å². The van der Waals surface area contributed by atoms with E-state index in [1.807, 2.05) is 24.3 Å². The molecule has 6 atom stereocenters. The number of hydrogen-bond acceptors (Lipinski definition) is 5. The molecule has 4 bridgehead atoms. The van der Waals surface area contributed by atoms with Gasteiger partial charge in [-0.2, -0.15) is 0 Å². The van der Waals surface area contributed by atoms with E-state index in [4.69, 9.17) is 21.1 Å². The Hall–Kier alpha value is -2.54. The van der Waals surface area contributed by atoms with Crippen molar-refractivity contribution in [1.82, 2.24) is 10.2 Å². The fraction of sp³-hybridized carbons (Fsp3) is 0.500. The van der Waals surface area contributed by atoms with Crippen molar-refractivity contribution in [2.75, 3.05) is 27.2 Å². The van der Waals surface area contributed by atoms with Crippen LogP contribution in [-0.2, 0) is 21.4 Å². The molecule has 8 rings (SSSR count). The molecule has 194 valence electrons. The van der Waals surface area contributed by atoms with Crippen LogP contribution < -0.4 is 10.1 Å². The number of fused-ring (bicyclic) bond motifs is 2. The first-order chi connectivity index (χ1) is 17.8. The number of carbonyl (C=O) groups excluding carboxylic acids is 1. The fourth-order valence-electron chi connectivity index (χ4n) is 9.10. The van der Waals surface area contributed by atoms with E-state index in [2.05, 4.69) is 23.3 Å². The molecule has 0 aromatic heterocycles. The Labute approximate surface area is 222 Å². The molecular formula is C30H33ClN2O4. The SMILES string of the molecule is CO[C@@]12CC[C@@]3(C[C@@H]1CNC(=O)/C=C/c1ccc(Cl)cc1)[C@H]1Cc4ccc(O)c5c4[C@@]3(CCN1C)[C@H]2O5. The predicted molar refractivity (Wildman–Crippen MR) is 142 cm³/mol. The topological polar surface area (TPSA) is 71.0 Å². The summed E-state index contributed by atoms with van der Waals surface area (Å²) in [5.41, 5.74) is 2.84. The number of phenols is 1. The molecule has 4 fully saturated rings. The Morgan fingerprint density at radius 2 is 2.05 bits per heavy atom. The number of likely N-dealkylation sites (tertiary alicyclic amines) is 1. The van der Waals surface area contributed by atoms with Gasteiger partial charge in [-0.3, -0.25) is 4.79 Å². The molecule has 2 spiro atoms. The maximum atomic E-state index is 12.8. The van der Waals surface area contributed by atoms with Crippen LogP contribution in [0.1, 0.15) is 42.4 Å². The van der Waals surface area contributed by atoms with E-state index in [0.717, 1.165) is 44.2 Å². The maximum absolute atomic E-state index is 12.8. The molecule has 2 aromatic rings. The minimum absolute atomic E-state index is 0.0333. The lowest BCUT2D eigenvalue weighted by atomic mass is 9.35. The molecule has 2 heterocycles. The van der Waals surface area contributed by atoms with Gasteiger partial charge in [0.25, 0.3) is 0 Å². The molecule has 37 heavy (non-hydrogen) atoms. The van der Waals surface area contributed by atoms with E-state index in [1.54, 1.807) is 25.3 Å². The van der Waals surface area contributed by atoms with Crippen molar-refractivity contribution in [2.45, 2.75) is 55.3 Å². The summed E-state index contributed by atoms with van der Waals surface area (Å²) in [6.45, 7) is 1.54. The Morgan fingerprint density at radius 1 is 1.24 bits per heavy atom. The third-order valence-electron chi connectivity index (χ3n) is 10.6. The van der Waals surface area contributed by atoms with Crippen molar-refractivity contribution >= 4 is 23.6 Å². The number of ether oxygens (including phenoxy) is 2. The first-order valence-electron chi connectivity index (χ1n) is 13.3. The lowest BCUT2D eigenvalue weighted by Gasteiger charge is -2.73. The van der Waals surface area contributed by atoms with Crippen LogP contribution in [0.5, 0.6) is 11.5 Å². The fourth-order valence-corrected chi connectivity index (χ4v) is 9.22. The van der Waals surface area contributed by atoms with Crippen LogP contribution in [0.3, 0.4) is 0 Å². The summed E-state index contributed by atoms with van der Waals surface area (Å²) in [6.07, 6.45) is 8.14. The molecule has 6 nitrogen and oxygen atoms in total. The van der Waals surface area contributed by atoms with E-state index in [1.165, 1.54) is 11.1 Å². The first-order valence-corrected chi connectivity index (χ1v) is 13.7. The molecule has 2 aromatic carbocycles. The van der Waals surface area contributed by atoms with Gasteiger partial charge in [-0.1, -0.05) is 29.8 Å². The molecule has 1 saturated heterocycles. The smallest absolute Gasteiger partial charge is 0.244 e. The van der Waals surface area contributed by atoms with Gasteiger partial charge in [-0.05, 0) is 81.1 Å². The third kappa shape index (κ3) is 2.92.